The minimum Gasteiger partial charge on any atom is -0.469 e. The van der Waals surface area contributed by atoms with Gasteiger partial charge in [-0.3, -0.25) is 14.4 Å². The van der Waals surface area contributed by atoms with Crippen molar-refractivity contribution in [2.45, 2.75) is 6.42 Å². The van der Waals surface area contributed by atoms with E-state index in [4.69, 9.17) is 0 Å². The number of benzene rings is 1. The zero-order chi connectivity index (χ0) is 16.5. The summed E-state index contributed by atoms with van der Waals surface area (Å²) in [5, 5.41) is 2.74. The lowest BCUT2D eigenvalue weighted by molar-refractivity contribution is -0.140. The molecule has 0 fully saturated rings. The number of anilines is 1. The molecular weight excluding hydrogens is 304 g/mol. The molecule has 0 bridgehead atoms. The minimum atomic E-state index is -0.283. The summed E-state index contributed by atoms with van der Waals surface area (Å²) in [5.41, 5.74) is 1.20. The van der Waals surface area contributed by atoms with E-state index < -0.39 is 0 Å². The molecule has 0 aliphatic heterocycles. The molecule has 120 valence electrons. The Morgan fingerprint density at radius 3 is 2.36 bits per heavy atom. The van der Waals surface area contributed by atoms with Crippen LogP contribution in [0.15, 0.2) is 24.3 Å². The Morgan fingerprint density at radius 1 is 1.18 bits per heavy atom. The topological polar surface area (TPSA) is 75.7 Å². The van der Waals surface area contributed by atoms with Gasteiger partial charge < -0.3 is 15.0 Å². The summed E-state index contributed by atoms with van der Waals surface area (Å²) in [6, 6.07) is 6.71. The molecule has 0 radical (unpaired) electrons. The first kappa shape index (κ1) is 18.0. The van der Waals surface area contributed by atoms with Gasteiger partial charge in [0.2, 0.25) is 5.91 Å². The van der Waals surface area contributed by atoms with Gasteiger partial charge in [0.1, 0.15) is 0 Å². The summed E-state index contributed by atoms with van der Waals surface area (Å²) in [5.74, 6) is 0.276. The Morgan fingerprint density at radius 2 is 1.82 bits per heavy atom. The normalized spacial score (nSPS) is 9.95. The molecule has 0 aliphatic carbocycles. The maximum Gasteiger partial charge on any atom is 0.306 e. The number of nitrogens with zero attached hydrogens (tertiary/aromatic N) is 1. The van der Waals surface area contributed by atoms with Crippen LogP contribution in [0.2, 0.25) is 0 Å². The molecule has 22 heavy (non-hydrogen) atoms. The fourth-order valence-electron chi connectivity index (χ4n) is 1.57. The summed E-state index contributed by atoms with van der Waals surface area (Å²) in [4.78, 5) is 35.9. The highest BCUT2D eigenvalue weighted by Gasteiger charge is 2.08. The molecule has 1 aromatic carbocycles. The summed E-state index contributed by atoms with van der Waals surface area (Å²) >= 11 is 1.36. The largest absolute Gasteiger partial charge is 0.469 e. The van der Waals surface area contributed by atoms with Crippen molar-refractivity contribution in [3.63, 3.8) is 0 Å². The molecule has 1 rings (SSSR count). The maximum absolute atomic E-state index is 11.7. The lowest BCUT2D eigenvalue weighted by Crippen LogP contribution is -2.21. The zero-order valence-electron chi connectivity index (χ0n) is 12.9. The number of rotatable bonds is 7. The summed E-state index contributed by atoms with van der Waals surface area (Å²) in [6.45, 7) is 0. The Kier molecular flexibility index (Phi) is 7.45. The molecule has 0 aliphatic rings. The molecule has 1 N–H and O–H groups in total. The van der Waals surface area contributed by atoms with Crippen molar-refractivity contribution < 1.29 is 19.1 Å². The summed E-state index contributed by atoms with van der Waals surface area (Å²) in [6.07, 6.45) is 0.287. The molecule has 0 spiro atoms. The van der Waals surface area contributed by atoms with E-state index >= 15 is 0 Å². The van der Waals surface area contributed by atoms with E-state index in [0.29, 0.717) is 17.0 Å². The van der Waals surface area contributed by atoms with Crippen LogP contribution >= 0.6 is 11.8 Å². The van der Waals surface area contributed by atoms with Crippen LogP contribution in [0.5, 0.6) is 0 Å². The molecule has 0 heterocycles. The monoisotopic (exact) mass is 324 g/mol. The first-order valence-electron chi connectivity index (χ1n) is 6.70. The standard InChI is InChI=1S/C15H20N2O4S/c1-17(2)15(20)11-4-6-12(7-5-11)16-13(18)10-22-9-8-14(19)21-3/h4-7H,8-10H2,1-3H3,(H,16,18). The second kappa shape index (κ2) is 9.09. The van der Waals surface area contributed by atoms with E-state index in [2.05, 4.69) is 10.1 Å². The third-order valence-corrected chi connectivity index (χ3v) is 3.69. The van der Waals surface area contributed by atoms with Crippen LogP contribution in [-0.2, 0) is 14.3 Å². The number of nitrogens with one attached hydrogen (secondary N) is 1. The molecule has 7 heteroatoms. The Bertz CT molecular complexity index is 529. The SMILES string of the molecule is COC(=O)CCSCC(=O)Nc1ccc(C(=O)N(C)C)cc1. The van der Waals surface area contributed by atoms with Gasteiger partial charge in [-0.05, 0) is 24.3 Å². The predicted molar refractivity (Wildman–Crippen MR) is 87.0 cm³/mol. The van der Waals surface area contributed by atoms with E-state index in [0.717, 1.165) is 0 Å². The molecular formula is C15H20N2O4S. The van der Waals surface area contributed by atoms with Crippen molar-refractivity contribution in [1.29, 1.82) is 0 Å². The average Bonchev–Trinajstić information content (AvgIpc) is 2.51. The predicted octanol–water partition coefficient (Wildman–Crippen LogP) is 1.62. The zero-order valence-corrected chi connectivity index (χ0v) is 13.7. The smallest absolute Gasteiger partial charge is 0.306 e. The van der Waals surface area contributed by atoms with Gasteiger partial charge in [-0.15, -0.1) is 0 Å². The average molecular weight is 324 g/mol. The van der Waals surface area contributed by atoms with Crippen LogP contribution in [-0.4, -0.2) is 55.4 Å². The third-order valence-electron chi connectivity index (χ3n) is 2.73. The van der Waals surface area contributed by atoms with Crippen LogP contribution in [0.25, 0.3) is 0 Å². The van der Waals surface area contributed by atoms with Gasteiger partial charge in [-0.1, -0.05) is 0 Å². The number of thioether (sulfide) groups is 1. The fraction of sp³-hybridized carbons (Fsp3) is 0.400. The van der Waals surface area contributed by atoms with E-state index in [1.807, 2.05) is 0 Å². The van der Waals surface area contributed by atoms with Gasteiger partial charge in [-0.25, -0.2) is 0 Å². The summed E-state index contributed by atoms with van der Waals surface area (Å²) in [7, 11) is 4.71. The quantitative estimate of drug-likeness (QED) is 0.609. The van der Waals surface area contributed by atoms with E-state index in [1.54, 1.807) is 38.4 Å². The third kappa shape index (κ3) is 6.17. The number of carbonyl (C=O) groups excluding carboxylic acids is 3. The number of methoxy groups -OCH3 is 1. The van der Waals surface area contributed by atoms with Gasteiger partial charge in [0.15, 0.2) is 0 Å². The highest BCUT2D eigenvalue weighted by Crippen LogP contribution is 2.12. The maximum atomic E-state index is 11.7. The molecule has 2 amide bonds. The van der Waals surface area contributed by atoms with Crippen LogP contribution in [0.3, 0.4) is 0 Å². The summed E-state index contributed by atoms with van der Waals surface area (Å²) < 4.78 is 4.52. The minimum absolute atomic E-state index is 0.0868. The van der Waals surface area contributed by atoms with E-state index in [-0.39, 0.29) is 30.0 Å². The molecule has 6 nitrogen and oxygen atoms in total. The van der Waals surface area contributed by atoms with Crippen LogP contribution < -0.4 is 5.32 Å². The lowest BCUT2D eigenvalue weighted by Gasteiger charge is -2.11. The Hall–Kier alpha value is -2.02. The fourth-order valence-corrected chi connectivity index (χ4v) is 2.29. The number of carbonyl (C=O) groups is 3. The van der Waals surface area contributed by atoms with Crippen molar-refractivity contribution >= 4 is 35.2 Å². The second-order valence-corrected chi connectivity index (χ2v) is 5.81. The Labute approximate surface area is 134 Å². The first-order chi connectivity index (χ1) is 10.4. The lowest BCUT2D eigenvalue weighted by atomic mass is 10.2. The number of hydrogen-bond donors (Lipinski definition) is 1. The molecule has 0 aromatic heterocycles. The molecule has 0 atom stereocenters. The second-order valence-electron chi connectivity index (χ2n) is 4.70. The Balaban J connectivity index is 2.39. The highest BCUT2D eigenvalue weighted by molar-refractivity contribution is 7.99. The molecule has 0 saturated carbocycles. The first-order valence-corrected chi connectivity index (χ1v) is 7.85. The molecule has 0 unspecified atom stereocenters. The van der Waals surface area contributed by atoms with Gasteiger partial charge in [-0.2, -0.15) is 11.8 Å². The van der Waals surface area contributed by atoms with Crippen molar-refractivity contribution in [3.8, 4) is 0 Å². The molecule has 1 aromatic rings. The van der Waals surface area contributed by atoms with E-state index in [1.165, 1.54) is 23.8 Å². The van der Waals surface area contributed by atoms with Crippen molar-refractivity contribution in [2.75, 3.05) is 38.0 Å². The van der Waals surface area contributed by atoms with E-state index in [9.17, 15) is 14.4 Å². The number of amides is 2. The van der Waals surface area contributed by atoms with Crippen molar-refractivity contribution in [3.05, 3.63) is 29.8 Å². The van der Waals surface area contributed by atoms with Crippen LogP contribution in [0.1, 0.15) is 16.8 Å². The van der Waals surface area contributed by atoms with Crippen molar-refractivity contribution in [2.24, 2.45) is 0 Å². The number of esters is 1. The number of ether oxygens (including phenoxy) is 1. The van der Waals surface area contributed by atoms with Gasteiger partial charge >= 0.3 is 5.97 Å². The van der Waals surface area contributed by atoms with Gasteiger partial charge in [0, 0.05) is 31.1 Å². The number of hydrogen-bond acceptors (Lipinski definition) is 5. The van der Waals surface area contributed by atoms with Crippen LogP contribution in [0.4, 0.5) is 5.69 Å². The molecule has 0 saturated heterocycles. The van der Waals surface area contributed by atoms with Gasteiger partial charge in [0.05, 0.1) is 19.3 Å². The highest BCUT2D eigenvalue weighted by atomic mass is 32.2. The van der Waals surface area contributed by atoms with Gasteiger partial charge in [0.25, 0.3) is 5.91 Å². The van der Waals surface area contributed by atoms with Crippen LogP contribution in [0, 0.1) is 0 Å². The van der Waals surface area contributed by atoms with Crippen molar-refractivity contribution in [1.82, 2.24) is 4.90 Å².